The van der Waals surface area contributed by atoms with Crippen LogP contribution in [0.25, 0.3) is 0 Å². The van der Waals surface area contributed by atoms with Crippen molar-refractivity contribution < 1.29 is 4.79 Å². The molecule has 1 fully saturated rings. The van der Waals surface area contributed by atoms with E-state index in [1.54, 1.807) is 12.1 Å². The number of nitrogens with two attached hydrogens (primary N) is 1. The molecule has 0 aliphatic carbocycles. The maximum atomic E-state index is 11.6. The summed E-state index contributed by atoms with van der Waals surface area (Å²) < 4.78 is 0. The van der Waals surface area contributed by atoms with Crippen molar-refractivity contribution in [1.29, 1.82) is 0 Å². The fourth-order valence-corrected chi connectivity index (χ4v) is 3.87. The summed E-state index contributed by atoms with van der Waals surface area (Å²) in [4.78, 5) is 30.1. The Bertz CT molecular complexity index is 946. The van der Waals surface area contributed by atoms with Crippen LogP contribution in [0.5, 0.6) is 0 Å². The van der Waals surface area contributed by atoms with E-state index in [2.05, 4.69) is 58.2 Å². The molecule has 4 N–H and O–H groups in total. The Morgan fingerprint density at radius 2 is 1.94 bits per heavy atom. The zero-order valence-electron chi connectivity index (χ0n) is 20.0. The zero-order chi connectivity index (χ0) is 23.4. The van der Waals surface area contributed by atoms with Crippen molar-refractivity contribution in [3.63, 3.8) is 0 Å². The summed E-state index contributed by atoms with van der Waals surface area (Å²) in [7, 11) is 1.98. The number of anilines is 4. The molecule has 1 aliphatic rings. The van der Waals surface area contributed by atoms with Crippen molar-refractivity contribution in [3.05, 3.63) is 29.3 Å². The van der Waals surface area contributed by atoms with Gasteiger partial charge in [0.2, 0.25) is 23.8 Å². The van der Waals surface area contributed by atoms with Crippen LogP contribution in [0.1, 0.15) is 50.0 Å². The maximum absolute atomic E-state index is 11.6. The van der Waals surface area contributed by atoms with Gasteiger partial charge in [-0.15, -0.1) is 0 Å². The van der Waals surface area contributed by atoms with E-state index < -0.39 is 5.91 Å². The lowest BCUT2D eigenvalue weighted by Crippen LogP contribution is -2.32. The Morgan fingerprint density at radius 3 is 2.56 bits per heavy atom. The average Bonchev–Trinajstić information content (AvgIpc) is 3.17. The number of hydrogen-bond acceptors (Lipinski definition) is 8. The van der Waals surface area contributed by atoms with Gasteiger partial charge in [-0.2, -0.15) is 15.0 Å². The first-order valence-corrected chi connectivity index (χ1v) is 11.3. The number of likely N-dealkylation sites (tertiary alicyclic amines) is 1. The molecule has 1 saturated heterocycles. The van der Waals surface area contributed by atoms with E-state index in [9.17, 15) is 4.79 Å². The highest BCUT2D eigenvalue weighted by atomic mass is 16.1. The summed E-state index contributed by atoms with van der Waals surface area (Å²) in [5, 5.41) is 6.76. The number of benzene rings is 1. The summed E-state index contributed by atoms with van der Waals surface area (Å²) in [6.07, 6.45) is 1.05. The second-order valence-corrected chi connectivity index (χ2v) is 9.29. The van der Waals surface area contributed by atoms with Gasteiger partial charge >= 0.3 is 0 Å². The Labute approximate surface area is 190 Å². The van der Waals surface area contributed by atoms with E-state index >= 15 is 0 Å². The molecule has 1 aromatic heterocycles. The minimum atomic E-state index is -0.473. The first-order chi connectivity index (χ1) is 15.1. The number of nitrogens with zero attached hydrogens (tertiary/aromatic N) is 5. The summed E-state index contributed by atoms with van der Waals surface area (Å²) in [6, 6.07) is 6.10. The Morgan fingerprint density at radius 1 is 1.22 bits per heavy atom. The predicted molar refractivity (Wildman–Crippen MR) is 130 cm³/mol. The third-order valence-electron chi connectivity index (χ3n) is 5.66. The van der Waals surface area contributed by atoms with E-state index in [4.69, 9.17) is 5.73 Å². The molecule has 3 rings (SSSR count). The zero-order valence-corrected chi connectivity index (χ0v) is 20.0. The van der Waals surface area contributed by atoms with Gasteiger partial charge in [-0.05, 0) is 50.8 Å². The summed E-state index contributed by atoms with van der Waals surface area (Å²) >= 11 is 0. The number of amides is 1. The van der Waals surface area contributed by atoms with E-state index in [1.165, 1.54) is 0 Å². The number of aryl methyl sites for hydroxylation is 1. The number of rotatable bonds is 9. The highest BCUT2D eigenvalue weighted by Crippen LogP contribution is 2.23. The van der Waals surface area contributed by atoms with Gasteiger partial charge in [0.15, 0.2) is 0 Å². The van der Waals surface area contributed by atoms with Crippen LogP contribution in [0.2, 0.25) is 0 Å². The minimum absolute atomic E-state index is 0.288. The van der Waals surface area contributed by atoms with Crippen LogP contribution < -0.4 is 21.3 Å². The topological polar surface area (TPSA) is 112 Å². The molecule has 174 valence electrons. The number of hydrogen-bond donors (Lipinski definition) is 3. The van der Waals surface area contributed by atoms with Gasteiger partial charge in [0.25, 0.3) is 0 Å². The molecule has 1 atom stereocenters. The lowest BCUT2D eigenvalue weighted by atomic mass is 10.1. The maximum Gasteiger partial charge on any atom is 0.248 e. The molecule has 1 amide bonds. The standard InChI is InChI=1S/C23H36N8O/c1-14(2)12-30(6)23-28-21(25-18-9-10-31(13-18)15(3)4)27-22(29-23)26-19-11-17(20(24)32)8-7-16(19)5/h7-8,11,14-15,18H,9-10,12-13H2,1-6H3,(H2,24,32)(H2,25,26,27,28,29)/t18-/m1/s1. The molecule has 2 aromatic rings. The fourth-order valence-electron chi connectivity index (χ4n) is 3.87. The molecular weight excluding hydrogens is 404 g/mol. The van der Waals surface area contributed by atoms with Gasteiger partial charge in [-0.25, -0.2) is 0 Å². The number of carbonyl (C=O) groups is 1. The minimum Gasteiger partial charge on any atom is -0.366 e. The average molecular weight is 441 g/mol. The van der Waals surface area contributed by atoms with Crippen LogP contribution in [0, 0.1) is 12.8 Å². The number of primary amides is 1. The van der Waals surface area contributed by atoms with Gasteiger partial charge in [0.05, 0.1) is 0 Å². The highest BCUT2D eigenvalue weighted by molar-refractivity contribution is 5.94. The van der Waals surface area contributed by atoms with Gasteiger partial charge in [-0.1, -0.05) is 19.9 Å². The Balaban J connectivity index is 1.88. The van der Waals surface area contributed by atoms with E-state index in [0.29, 0.717) is 35.4 Å². The Kier molecular flexibility index (Phi) is 7.50. The van der Waals surface area contributed by atoms with Crippen molar-refractivity contribution in [2.24, 2.45) is 11.7 Å². The van der Waals surface area contributed by atoms with Crippen molar-refractivity contribution in [3.8, 4) is 0 Å². The van der Waals surface area contributed by atoms with Crippen molar-refractivity contribution in [1.82, 2.24) is 19.9 Å². The molecule has 0 radical (unpaired) electrons. The summed E-state index contributed by atoms with van der Waals surface area (Å²) in [5.41, 5.74) is 7.59. The third kappa shape index (κ3) is 6.06. The molecule has 0 spiro atoms. The van der Waals surface area contributed by atoms with Crippen LogP contribution in [0.15, 0.2) is 18.2 Å². The van der Waals surface area contributed by atoms with E-state index in [1.807, 2.05) is 24.9 Å². The lowest BCUT2D eigenvalue weighted by Gasteiger charge is -2.22. The van der Waals surface area contributed by atoms with Crippen LogP contribution in [-0.4, -0.2) is 64.5 Å². The van der Waals surface area contributed by atoms with Gasteiger partial charge < -0.3 is 21.3 Å². The normalized spacial score (nSPS) is 16.6. The fraction of sp³-hybridized carbons (Fsp3) is 0.565. The second kappa shape index (κ2) is 10.1. The van der Waals surface area contributed by atoms with Crippen molar-refractivity contribution in [2.75, 3.05) is 42.2 Å². The molecule has 0 unspecified atom stereocenters. The summed E-state index contributed by atoms with van der Waals surface area (Å²) in [5.74, 6) is 1.57. The molecule has 9 nitrogen and oxygen atoms in total. The molecule has 0 saturated carbocycles. The first kappa shape index (κ1) is 23.7. The van der Waals surface area contributed by atoms with Crippen LogP contribution >= 0.6 is 0 Å². The molecular formula is C23H36N8O. The number of carbonyl (C=O) groups excluding carboxylic acids is 1. The first-order valence-electron chi connectivity index (χ1n) is 11.3. The van der Waals surface area contributed by atoms with Crippen LogP contribution in [0.4, 0.5) is 23.5 Å². The van der Waals surface area contributed by atoms with Crippen LogP contribution in [-0.2, 0) is 0 Å². The highest BCUT2D eigenvalue weighted by Gasteiger charge is 2.25. The van der Waals surface area contributed by atoms with E-state index in [0.717, 1.165) is 37.3 Å². The SMILES string of the molecule is Cc1ccc(C(N)=O)cc1Nc1nc(N[C@@H]2CCN(C(C)C)C2)nc(N(C)CC(C)C)n1. The van der Waals surface area contributed by atoms with Gasteiger partial charge in [0, 0.05) is 50.0 Å². The monoisotopic (exact) mass is 440 g/mol. The second-order valence-electron chi connectivity index (χ2n) is 9.29. The number of nitrogens with one attached hydrogen (secondary N) is 2. The largest absolute Gasteiger partial charge is 0.366 e. The molecule has 2 heterocycles. The molecule has 9 heteroatoms. The third-order valence-corrected chi connectivity index (χ3v) is 5.66. The van der Waals surface area contributed by atoms with Crippen molar-refractivity contribution in [2.45, 2.75) is 53.1 Å². The van der Waals surface area contributed by atoms with E-state index in [-0.39, 0.29) is 6.04 Å². The summed E-state index contributed by atoms with van der Waals surface area (Å²) in [6.45, 7) is 13.6. The van der Waals surface area contributed by atoms with Crippen molar-refractivity contribution >= 4 is 29.4 Å². The Hall–Kier alpha value is -2.94. The van der Waals surface area contributed by atoms with Gasteiger partial charge in [0.1, 0.15) is 0 Å². The molecule has 0 bridgehead atoms. The quantitative estimate of drug-likeness (QED) is 0.545. The molecule has 32 heavy (non-hydrogen) atoms. The smallest absolute Gasteiger partial charge is 0.248 e. The molecule has 1 aliphatic heterocycles. The number of aromatic nitrogens is 3. The lowest BCUT2D eigenvalue weighted by molar-refractivity contribution is 0.100. The van der Waals surface area contributed by atoms with Crippen LogP contribution in [0.3, 0.4) is 0 Å². The predicted octanol–water partition coefficient (Wildman–Crippen LogP) is 3.01. The molecule has 1 aromatic carbocycles. The van der Waals surface area contributed by atoms with Gasteiger partial charge in [-0.3, -0.25) is 9.69 Å².